The Labute approximate surface area is 95.7 Å². The second-order valence-corrected chi connectivity index (χ2v) is 4.35. The zero-order valence-electron chi connectivity index (χ0n) is 9.57. The third-order valence-corrected chi connectivity index (χ3v) is 3.17. The van der Waals surface area contributed by atoms with Crippen LogP contribution in [0, 0.1) is 6.92 Å². The second kappa shape index (κ2) is 4.56. The molecule has 1 aliphatic heterocycles. The molecule has 0 aromatic heterocycles. The summed E-state index contributed by atoms with van der Waals surface area (Å²) in [5.41, 5.74) is 2.29. The Balaban J connectivity index is 2.27. The fourth-order valence-corrected chi connectivity index (χ4v) is 2.19. The molecule has 1 aliphatic rings. The van der Waals surface area contributed by atoms with Gasteiger partial charge in [0.1, 0.15) is 0 Å². The molecule has 0 aliphatic carbocycles. The van der Waals surface area contributed by atoms with E-state index >= 15 is 0 Å². The predicted octanol–water partition coefficient (Wildman–Crippen LogP) is 2.68. The fourth-order valence-electron chi connectivity index (χ4n) is 2.19. The summed E-state index contributed by atoms with van der Waals surface area (Å²) in [5.74, 6) is -0.837. The summed E-state index contributed by atoms with van der Waals surface area (Å²) in [7, 11) is 0. The monoisotopic (exact) mass is 219 g/mol. The normalized spacial score (nSPS) is 16.2. The topological polar surface area (TPSA) is 40.5 Å². The Hall–Kier alpha value is -1.51. The van der Waals surface area contributed by atoms with Crippen molar-refractivity contribution >= 4 is 11.7 Å². The van der Waals surface area contributed by atoms with Gasteiger partial charge in [0.25, 0.3) is 0 Å². The number of hydrogen-bond donors (Lipinski definition) is 1. The number of benzene rings is 1. The van der Waals surface area contributed by atoms with E-state index in [0.717, 1.165) is 24.3 Å². The van der Waals surface area contributed by atoms with Crippen LogP contribution in [0.15, 0.2) is 18.2 Å². The van der Waals surface area contributed by atoms with Crippen molar-refractivity contribution in [1.82, 2.24) is 0 Å². The molecule has 0 radical (unpaired) electrons. The first-order chi connectivity index (χ1) is 7.68. The van der Waals surface area contributed by atoms with Gasteiger partial charge >= 0.3 is 5.97 Å². The van der Waals surface area contributed by atoms with E-state index in [-0.39, 0.29) is 0 Å². The van der Waals surface area contributed by atoms with Gasteiger partial charge < -0.3 is 10.0 Å². The van der Waals surface area contributed by atoms with E-state index in [1.54, 1.807) is 6.07 Å². The zero-order chi connectivity index (χ0) is 11.5. The van der Waals surface area contributed by atoms with E-state index in [9.17, 15) is 4.79 Å². The van der Waals surface area contributed by atoms with Crippen molar-refractivity contribution in [1.29, 1.82) is 0 Å². The van der Waals surface area contributed by atoms with Gasteiger partial charge in [0, 0.05) is 18.8 Å². The van der Waals surface area contributed by atoms with Crippen molar-refractivity contribution < 1.29 is 9.90 Å². The van der Waals surface area contributed by atoms with Gasteiger partial charge in [-0.15, -0.1) is 0 Å². The molecule has 0 atom stereocenters. The van der Waals surface area contributed by atoms with E-state index in [0.29, 0.717) is 5.56 Å². The largest absolute Gasteiger partial charge is 0.478 e. The highest BCUT2D eigenvalue weighted by atomic mass is 16.4. The summed E-state index contributed by atoms with van der Waals surface area (Å²) in [4.78, 5) is 13.3. The molecule has 0 unspecified atom stereocenters. The number of carboxylic acid groups (broad SMARTS) is 1. The molecule has 1 saturated heterocycles. The molecule has 1 aromatic rings. The van der Waals surface area contributed by atoms with Gasteiger partial charge in [0.05, 0.1) is 5.56 Å². The highest BCUT2D eigenvalue weighted by Gasteiger charge is 2.14. The van der Waals surface area contributed by atoms with E-state index in [2.05, 4.69) is 4.90 Å². The van der Waals surface area contributed by atoms with Crippen LogP contribution >= 0.6 is 0 Å². The van der Waals surface area contributed by atoms with Crippen LogP contribution in [0.1, 0.15) is 35.2 Å². The van der Waals surface area contributed by atoms with Gasteiger partial charge in [0.15, 0.2) is 0 Å². The minimum absolute atomic E-state index is 0.420. The molecule has 3 nitrogen and oxygen atoms in total. The number of carbonyl (C=O) groups is 1. The van der Waals surface area contributed by atoms with Crippen molar-refractivity contribution in [3.63, 3.8) is 0 Å². The van der Waals surface area contributed by atoms with Crippen LogP contribution in [0.3, 0.4) is 0 Å². The van der Waals surface area contributed by atoms with Crippen LogP contribution in [-0.2, 0) is 0 Å². The lowest BCUT2D eigenvalue weighted by Crippen LogP contribution is -2.29. The number of anilines is 1. The van der Waals surface area contributed by atoms with Crippen molar-refractivity contribution in [3.8, 4) is 0 Å². The molecule has 86 valence electrons. The van der Waals surface area contributed by atoms with Crippen molar-refractivity contribution in [3.05, 3.63) is 29.3 Å². The van der Waals surface area contributed by atoms with Gasteiger partial charge in [-0.25, -0.2) is 4.79 Å². The number of carboxylic acids is 1. The zero-order valence-corrected chi connectivity index (χ0v) is 9.57. The Morgan fingerprint density at radius 2 is 1.94 bits per heavy atom. The fraction of sp³-hybridized carbons (Fsp3) is 0.462. The molecule has 1 fully saturated rings. The number of nitrogens with zero attached hydrogens (tertiary/aromatic N) is 1. The Morgan fingerprint density at radius 3 is 2.56 bits per heavy atom. The first-order valence-electron chi connectivity index (χ1n) is 5.77. The number of rotatable bonds is 2. The molecule has 1 N–H and O–H groups in total. The van der Waals surface area contributed by atoms with Crippen molar-refractivity contribution in [2.45, 2.75) is 26.2 Å². The summed E-state index contributed by atoms with van der Waals surface area (Å²) >= 11 is 0. The molecule has 0 spiro atoms. The maximum atomic E-state index is 11.0. The van der Waals surface area contributed by atoms with Gasteiger partial charge in [-0.2, -0.15) is 0 Å². The molecule has 1 aromatic carbocycles. The van der Waals surface area contributed by atoms with Gasteiger partial charge in [-0.05, 0) is 43.9 Å². The summed E-state index contributed by atoms with van der Waals surface area (Å²) in [5, 5.41) is 9.07. The van der Waals surface area contributed by atoms with Crippen molar-refractivity contribution in [2.75, 3.05) is 18.0 Å². The highest BCUT2D eigenvalue weighted by molar-refractivity contribution is 5.90. The predicted molar refractivity (Wildman–Crippen MR) is 64.2 cm³/mol. The molecule has 0 saturated carbocycles. The number of hydrogen-bond acceptors (Lipinski definition) is 2. The summed E-state index contributed by atoms with van der Waals surface area (Å²) in [6.07, 6.45) is 3.70. The molecule has 0 bridgehead atoms. The Bertz CT molecular complexity index is 395. The van der Waals surface area contributed by atoms with Crippen LogP contribution in [0.2, 0.25) is 0 Å². The number of piperidine rings is 1. The number of aryl methyl sites for hydroxylation is 1. The van der Waals surface area contributed by atoms with Crippen molar-refractivity contribution in [2.24, 2.45) is 0 Å². The average molecular weight is 219 g/mol. The lowest BCUT2D eigenvalue weighted by Gasteiger charge is -2.29. The lowest BCUT2D eigenvalue weighted by atomic mass is 10.1. The standard InChI is InChI=1S/C13H17NO2/c1-10-5-6-11(9-12(10)13(15)16)14-7-3-2-4-8-14/h5-6,9H,2-4,7-8H2,1H3,(H,15,16). The maximum Gasteiger partial charge on any atom is 0.336 e. The first-order valence-corrected chi connectivity index (χ1v) is 5.77. The van der Waals surface area contributed by atoms with Gasteiger partial charge in [-0.3, -0.25) is 0 Å². The second-order valence-electron chi connectivity index (χ2n) is 4.35. The van der Waals surface area contributed by atoms with Crippen LogP contribution in [-0.4, -0.2) is 24.2 Å². The number of aromatic carboxylic acids is 1. The molecule has 16 heavy (non-hydrogen) atoms. The molecule has 0 amide bonds. The molecular formula is C13H17NO2. The van der Waals surface area contributed by atoms with Crippen LogP contribution in [0.4, 0.5) is 5.69 Å². The summed E-state index contributed by atoms with van der Waals surface area (Å²) < 4.78 is 0. The third kappa shape index (κ3) is 2.18. The smallest absolute Gasteiger partial charge is 0.336 e. The van der Waals surface area contributed by atoms with Gasteiger partial charge in [-0.1, -0.05) is 6.07 Å². The lowest BCUT2D eigenvalue weighted by molar-refractivity contribution is 0.0696. The van der Waals surface area contributed by atoms with E-state index < -0.39 is 5.97 Å². The van der Waals surface area contributed by atoms with Crippen LogP contribution in [0.25, 0.3) is 0 Å². The molecule has 2 rings (SSSR count). The SMILES string of the molecule is Cc1ccc(N2CCCCC2)cc1C(=O)O. The quantitative estimate of drug-likeness (QED) is 0.831. The molecule has 1 heterocycles. The average Bonchev–Trinajstić information content (AvgIpc) is 2.30. The Morgan fingerprint density at radius 1 is 1.25 bits per heavy atom. The highest BCUT2D eigenvalue weighted by Crippen LogP contribution is 2.22. The van der Waals surface area contributed by atoms with Crippen LogP contribution < -0.4 is 4.90 Å². The molecule has 3 heteroatoms. The third-order valence-electron chi connectivity index (χ3n) is 3.17. The van der Waals surface area contributed by atoms with E-state index in [4.69, 9.17) is 5.11 Å². The Kier molecular flexibility index (Phi) is 3.13. The maximum absolute atomic E-state index is 11.0. The summed E-state index contributed by atoms with van der Waals surface area (Å²) in [6.45, 7) is 3.92. The van der Waals surface area contributed by atoms with E-state index in [1.807, 2.05) is 19.1 Å². The minimum atomic E-state index is -0.837. The van der Waals surface area contributed by atoms with E-state index in [1.165, 1.54) is 19.3 Å². The minimum Gasteiger partial charge on any atom is -0.478 e. The van der Waals surface area contributed by atoms with Gasteiger partial charge in [0.2, 0.25) is 0 Å². The van der Waals surface area contributed by atoms with Crippen LogP contribution in [0.5, 0.6) is 0 Å². The first kappa shape index (κ1) is 11.0. The molecular weight excluding hydrogens is 202 g/mol. The summed E-state index contributed by atoms with van der Waals surface area (Å²) in [6, 6.07) is 5.71.